The van der Waals surface area contributed by atoms with Gasteiger partial charge in [0, 0.05) is 20.6 Å². The summed E-state index contributed by atoms with van der Waals surface area (Å²) in [4.78, 5) is 47.4. The number of carboxylic acids is 4. The maximum absolute atomic E-state index is 11.9. The van der Waals surface area contributed by atoms with Crippen LogP contribution in [0, 0.1) is 0 Å². The lowest BCUT2D eigenvalue weighted by Gasteiger charge is -2.19. The summed E-state index contributed by atoms with van der Waals surface area (Å²) in [6.07, 6.45) is 0. The number of fused-ring (bicyclic) bond motifs is 2. The second kappa shape index (κ2) is 6.73. The van der Waals surface area contributed by atoms with Crippen molar-refractivity contribution in [3.8, 4) is 0 Å². The fraction of sp³-hybridized carbons (Fsp3) is 0. The van der Waals surface area contributed by atoms with Crippen LogP contribution in [-0.4, -0.2) is 44.3 Å². The Morgan fingerprint density at radius 2 is 0.857 bits per heavy atom. The Morgan fingerprint density at radius 1 is 0.571 bits per heavy atom. The first-order valence-electron chi connectivity index (χ1n) is 7.49. The maximum Gasteiger partial charge on any atom is 0.337 e. The van der Waals surface area contributed by atoms with Crippen molar-refractivity contribution in [3.63, 3.8) is 0 Å². The Hall–Kier alpha value is -3.24. The zero-order valence-corrected chi connectivity index (χ0v) is 15.4. The van der Waals surface area contributed by atoms with Gasteiger partial charge in [0.15, 0.2) is 0 Å². The normalized spacial score (nSPS) is 10.9. The van der Waals surface area contributed by atoms with E-state index in [1.165, 1.54) is 0 Å². The molecule has 0 radical (unpaired) electrons. The van der Waals surface area contributed by atoms with E-state index < -0.39 is 46.1 Å². The summed E-state index contributed by atoms with van der Waals surface area (Å²) >= 11 is 8.63. The van der Waals surface area contributed by atoms with Gasteiger partial charge < -0.3 is 20.4 Å². The minimum Gasteiger partial charge on any atom is -0.478 e. The third kappa shape index (κ3) is 2.65. The van der Waals surface area contributed by atoms with Crippen LogP contribution >= 0.6 is 25.3 Å². The molecule has 0 bridgehead atoms. The molecule has 0 aliphatic rings. The van der Waals surface area contributed by atoms with Crippen LogP contribution in [0.25, 0.3) is 21.5 Å². The highest BCUT2D eigenvalue weighted by atomic mass is 32.1. The van der Waals surface area contributed by atoms with Gasteiger partial charge >= 0.3 is 23.9 Å². The van der Waals surface area contributed by atoms with Crippen LogP contribution in [0.2, 0.25) is 0 Å². The van der Waals surface area contributed by atoms with Crippen LogP contribution in [0.1, 0.15) is 41.4 Å². The molecule has 0 aliphatic heterocycles. The number of hydrogen-bond acceptors (Lipinski definition) is 6. The SMILES string of the molecule is O=C(O)c1c(C(=O)O)c(C(=O)O)c2c(S)c3ccccc3c(S)c2c1C(=O)O. The van der Waals surface area contributed by atoms with E-state index >= 15 is 0 Å². The summed E-state index contributed by atoms with van der Waals surface area (Å²) in [5, 5.41) is 38.6. The third-order valence-corrected chi connectivity index (χ3v) is 5.20. The Labute approximate surface area is 166 Å². The number of rotatable bonds is 4. The highest BCUT2D eigenvalue weighted by Crippen LogP contribution is 2.43. The molecule has 0 saturated carbocycles. The molecule has 28 heavy (non-hydrogen) atoms. The minimum atomic E-state index is -1.89. The molecule has 0 spiro atoms. The van der Waals surface area contributed by atoms with E-state index in [0.29, 0.717) is 10.8 Å². The molecule has 0 aromatic heterocycles. The second-order valence-corrected chi connectivity index (χ2v) is 6.61. The number of hydrogen-bond donors (Lipinski definition) is 6. The molecule has 142 valence electrons. The number of carboxylic acid groups (broad SMARTS) is 4. The predicted molar refractivity (Wildman–Crippen MR) is 104 cm³/mol. The first-order valence-corrected chi connectivity index (χ1v) is 8.38. The van der Waals surface area contributed by atoms with Crippen molar-refractivity contribution in [2.75, 3.05) is 0 Å². The van der Waals surface area contributed by atoms with Crippen LogP contribution < -0.4 is 0 Å². The Kier molecular flexibility index (Phi) is 4.69. The largest absolute Gasteiger partial charge is 0.478 e. The quantitative estimate of drug-likeness (QED) is 0.279. The van der Waals surface area contributed by atoms with Gasteiger partial charge in [0.2, 0.25) is 0 Å². The van der Waals surface area contributed by atoms with Gasteiger partial charge in [-0.3, -0.25) is 0 Å². The molecule has 0 heterocycles. The zero-order chi connectivity index (χ0) is 20.9. The smallest absolute Gasteiger partial charge is 0.337 e. The topological polar surface area (TPSA) is 149 Å². The van der Waals surface area contributed by atoms with Crippen LogP contribution in [0.4, 0.5) is 0 Å². The van der Waals surface area contributed by atoms with Crippen molar-refractivity contribution in [3.05, 3.63) is 46.5 Å². The van der Waals surface area contributed by atoms with Crippen molar-refractivity contribution < 1.29 is 39.6 Å². The Morgan fingerprint density at radius 3 is 1.11 bits per heavy atom. The summed E-state index contributed by atoms with van der Waals surface area (Å²) in [7, 11) is 0. The van der Waals surface area contributed by atoms with Gasteiger partial charge in [-0.15, -0.1) is 25.3 Å². The van der Waals surface area contributed by atoms with Gasteiger partial charge in [-0.25, -0.2) is 19.2 Å². The van der Waals surface area contributed by atoms with Crippen LogP contribution in [0.3, 0.4) is 0 Å². The van der Waals surface area contributed by atoms with Crippen molar-refractivity contribution in [1.82, 2.24) is 0 Å². The van der Waals surface area contributed by atoms with E-state index in [2.05, 4.69) is 25.3 Å². The molecular formula is C18H10O8S2. The van der Waals surface area contributed by atoms with Gasteiger partial charge in [-0.05, 0) is 10.8 Å². The van der Waals surface area contributed by atoms with Crippen LogP contribution in [-0.2, 0) is 0 Å². The number of aromatic carboxylic acids is 4. The lowest BCUT2D eigenvalue weighted by molar-refractivity contribution is 0.0621. The molecule has 0 atom stereocenters. The lowest BCUT2D eigenvalue weighted by atomic mass is 9.87. The summed E-state index contributed by atoms with van der Waals surface area (Å²) in [5.74, 6) is -7.25. The molecule has 0 aliphatic carbocycles. The highest BCUT2D eigenvalue weighted by molar-refractivity contribution is 7.81. The summed E-state index contributed by atoms with van der Waals surface area (Å²) in [5.41, 5.74) is -4.00. The van der Waals surface area contributed by atoms with Crippen molar-refractivity contribution in [2.24, 2.45) is 0 Å². The van der Waals surface area contributed by atoms with Gasteiger partial charge in [-0.1, -0.05) is 24.3 Å². The fourth-order valence-corrected chi connectivity index (χ4v) is 4.08. The Balaban J connectivity index is 2.89. The Bertz CT molecular complexity index is 1150. The van der Waals surface area contributed by atoms with Crippen molar-refractivity contribution in [1.29, 1.82) is 0 Å². The maximum atomic E-state index is 11.9. The molecule has 0 amide bonds. The van der Waals surface area contributed by atoms with Gasteiger partial charge in [0.05, 0.1) is 22.3 Å². The molecule has 3 rings (SSSR count). The zero-order valence-electron chi connectivity index (χ0n) is 13.6. The fourth-order valence-electron chi connectivity index (χ4n) is 3.24. The summed E-state index contributed by atoms with van der Waals surface area (Å²) in [6.45, 7) is 0. The van der Waals surface area contributed by atoms with Gasteiger partial charge in [0.1, 0.15) is 0 Å². The van der Waals surface area contributed by atoms with E-state index in [1.54, 1.807) is 24.3 Å². The predicted octanol–water partition coefficient (Wildman–Crippen LogP) is 3.36. The molecule has 10 heteroatoms. The van der Waals surface area contributed by atoms with Crippen molar-refractivity contribution >= 4 is 70.7 Å². The van der Waals surface area contributed by atoms with Gasteiger partial charge in [0.25, 0.3) is 0 Å². The van der Waals surface area contributed by atoms with Crippen LogP contribution in [0.15, 0.2) is 34.1 Å². The minimum absolute atomic E-state index is 0.00254. The van der Waals surface area contributed by atoms with Crippen LogP contribution in [0.5, 0.6) is 0 Å². The molecule has 4 N–H and O–H groups in total. The first kappa shape index (κ1) is 19.5. The van der Waals surface area contributed by atoms with E-state index in [9.17, 15) is 39.6 Å². The highest BCUT2D eigenvalue weighted by Gasteiger charge is 2.35. The molecule has 8 nitrogen and oxygen atoms in total. The van der Waals surface area contributed by atoms with E-state index in [0.717, 1.165) is 0 Å². The molecule has 0 saturated heterocycles. The molecule has 3 aromatic rings. The van der Waals surface area contributed by atoms with Crippen molar-refractivity contribution in [2.45, 2.75) is 9.79 Å². The molecule has 0 unspecified atom stereocenters. The number of thiol groups is 2. The number of carbonyl (C=O) groups is 4. The summed E-state index contributed by atoms with van der Waals surface area (Å²) < 4.78 is 0. The van der Waals surface area contributed by atoms with E-state index in [-0.39, 0.29) is 20.6 Å². The average molecular weight is 418 g/mol. The standard InChI is InChI=1S/C18H10O8S2/c19-15(20)9-7-8(14(28)6-4-2-1-3-5(6)13(7)27)10(16(21)22)12(18(25)26)11(9)17(23)24/h1-4,27-28H,(H,19,20)(H,21,22)(H,23,24)(H,25,26). The molecule has 0 fully saturated rings. The van der Waals surface area contributed by atoms with E-state index in [1.807, 2.05) is 0 Å². The summed E-state index contributed by atoms with van der Waals surface area (Å²) in [6, 6.07) is 6.41. The average Bonchev–Trinajstić information content (AvgIpc) is 2.63. The second-order valence-electron chi connectivity index (χ2n) is 5.71. The van der Waals surface area contributed by atoms with Gasteiger partial charge in [-0.2, -0.15) is 0 Å². The molecule has 3 aromatic carbocycles. The first-order chi connectivity index (χ1) is 13.1. The lowest BCUT2D eigenvalue weighted by Crippen LogP contribution is -2.20. The number of benzene rings is 3. The van der Waals surface area contributed by atoms with E-state index in [4.69, 9.17) is 0 Å². The molecular weight excluding hydrogens is 408 g/mol. The third-order valence-electron chi connectivity index (χ3n) is 4.27. The monoisotopic (exact) mass is 418 g/mol.